The van der Waals surface area contributed by atoms with E-state index in [1.54, 1.807) is 30.1 Å². The lowest BCUT2D eigenvalue weighted by atomic mass is 10.3. The van der Waals surface area contributed by atoms with E-state index in [0.717, 1.165) is 9.35 Å². The number of amides is 1. The minimum absolute atomic E-state index is 0.209. The van der Waals surface area contributed by atoms with Crippen molar-refractivity contribution in [3.63, 3.8) is 0 Å². The third-order valence-corrected chi connectivity index (χ3v) is 4.62. The van der Waals surface area contributed by atoms with Crippen molar-refractivity contribution in [3.8, 4) is 0 Å². The molecule has 0 unspecified atom stereocenters. The van der Waals surface area contributed by atoms with Crippen LogP contribution in [-0.4, -0.2) is 25.3 Å². The molecule has 0 aromatic carbocycles. The van der Waals surface area contributed by atoms with Crippen molar-refractivity contribution in [2.75, 3.05) is 5.43 Å². The van der Waals surface area contributed by atoms with Crippen molar-refractivity contribution in [2.24, 2.45) is 0 Å². The van der Waals surface area contributed by atoms with Crippen LogP contribution in [0.4, 0.5) is 0 Å². The molecule has 1 N–H and O–H groups in total. The van der Waals surface area contributed by atoms with Crippen molar-refractivity contribution < 1.29 is 4.79 Å². The van der Waals surface area contributed by atoms with Gasteiger partial charge in [-0.2, -0.15) is 5.10 Å². The maximum Gasteiger partial charge on any atom is 0.281 e. The fourth-order valence-corrected chi connectivity index (χ4v) is 3.44. The quantitative estimate of drug-likeness (QED) is 0.733. The fraction of sp³-hybridized carbons (Fsp3) is 0.286. The van der Waals surface area contributed by atoms with Crippen molar-refractivity contribution in [2.45, 2.75) is 26.8 Å². The molecule has 0 bridgehead atoms. The van der Waals surface area contributed by atoms with Crippen LogP contribution in [0.1, 0.15) is 17.1 Å². The number of aryl methyl sites for hydroxylation is 3. The number of halogens is 1. The lowest BCUT2D eigenvalue weighted by molar-refractivity contribution is -0.117. The predicted octanol–water partition coefficient (Wildman–Crippen LogP) is 2.19. The number of carbonyl (C=O) groups excluding carboxylic acids is 1. The Hall–Kier alpha value is -2.00. The minimum Gasteiger partial charge on any atom is -0.273 e. The van der Waals surface area contributed by atoms with Gasteiger partial charge < -0.3 is 0 Å². The summed E-state index contributed by atoms with van der Waals surface area (Å²) in [6.45, 7) is 4.05. The Balaban J connectivity index is 1.78. The number of hydrogen-bond acceptors (Lipinski definition) is 5. The van der Waals surface area contributed by atoms with Gasteiger partial charge >= 0.3 is 0 Å². The van der Waals surface area contributed by atoms with Crippen LogP contribution >= 0.6 is 27.3 Å². The molecule has 0 aliphatic carbocycles. The van der Waals surface area contributed by atoms with Gasteiger partial charge in [-0.05, 0) is 35.8 Å². The van der Waals surface area contributed by atoms with E-state index in [-0.39, 0.29) is 17.9 Å². The highest BCUT2D eigenvalue weighted by Gasteiger charge is 2.13. The standard InChI is InChI=1S/C14H14BrN5O2S/c1-8-5-11-13(23-8)17-9(2)20(14(11)22)18-12(21)3-4-19-7-10(15)6-16-19/h5-7H,3-4H2,1-2H3,(H,18,21). The maximum absolute atomic E-state index is 12.5. The Morgan fingerprint density at radius 2 is 2.22 bits per heavy atom. The summed E-state index contributed by atoms with van der Waals surface area (Å²) < 4.78 is 3.71. The highest BCUT2D eigenvalue weighted by Crippen LogP contribution is 2.20. The van der Waals surface area contributed by atoms with Gasteiger partial charge in [0, 0.05) is 24.0 Å². The molecule has 0 atom stereocenters. The second-order valence-corrected chi connectivity index (χ2v) is 7.23. The summed E-state index contributed by atoms with van der Waals surface area (Å²) >= 11 is 4.77. The number of thiophene rings is 1. The lowest BCUT2D eigenvalue weighted by Crippen LogP contribution is -2.35. The number of fused-ring (bicyclic) bond motifs is 1. The molecule has 0 aliphatic heterocycles. The van der Waals surface area contributed by atoms with Crippen LogP contribution < -0.4 is 11.0 Å². The van der Waals surface area contributed by atoms with E-state index in [9.17, 15) is 9.59 Å². The van der Waals surface area contributed by atoms with Gasteiger partial charge in [0.05, 0.1) is 16.1 Å². The molecule has 0 fully saturated rings. The van der Waals surface area contributed by atoms with Crippen LogP contribution in [0.5, 0.6) is 0 Å². The molecule has 0 aliphatic rings. The van der Waals surface area contributed by atoms with Crippen LogP contribution in [-0.2, 0) is 11.3 Å². The first kappa shape index (κ1) is 15.9. The first-order valence-corrected chi connectivity index (χ1v) is 8.52. The molecule has 3 heterocycles. The highest BCUT2D eigenvalue weighted by molar-refractivity contribution is 9.10. The first-order chi connectivity index (χ1) is 10.9. The number of aromatic nitrogens is 4. The molecule has 3 aromatic rings. The third kappa shape index (κ3) is 3.35. The minimum atomic E-state index is -0.269. The lowest BCUT2D eigenvalue weighted by Gasteiger charge is -2.10. The van der Waals surface area contributed by atoms with Crippen molar-refractivity contribution >= 4 is 43.4 Å². The number of hydrogen-bond donors (Lipinski definition) is 1. The molecule has 0 spiro atoms. The van der Waals surface area contributed by atoms with E-state index >= 15 is 0 Å². The molecule has 7 nitrogen and oxygen atoms in total. The smallest absolute Gasteiger partial charge is 0.273 e. The summed E-state index contributed by atoms with van der Waals surface area (Å²) in [5.41, 5.74) is 2.35. The topological polar surface area (TPSA) is 81.8 Å². The van der Waals surface area contributed by atoms with E-state index in [4.69, 9.17) is 0 Å². The average molecular weight is 396 g/mol. The summed E-state index contributed by atoms with van der Waals surface area (Å²) in [7, 11) is 0. The second kappa shape index (κ2) is 6.25. The number of nitrogens with one attached hydrogen (secondary N) is 1. The van der Waals surface area contributed by atoms with Gasteiger partial charge in [0.15, 0.2) is 0 Å². The van der Waals surface area contributed by atoms with E-state index < -0.39 is 0 Å². The molecule has 1 amide bonds. The van der Waals surface area contributed by atoms with Crippen LogP contribution in [0.15, 0.2) is 27.7 Å². The van der Waals surface area contributed by atoms with Crippen LogP contribution in [0.3, 0.4) is 0 Å². The Morgan fingerprint density at radius 1 is 1.43 bits per heavy atom. The zero-order valence-corrected chi connectivity index (χ0v) is 14.9. The van der Waals surface area contributed by atoms with E-state index in [1.165, 1.54) is 16.0 Å². The molecule has 9 heteroatoms. The zero-order valence-electron chi connectivity index (χ0n) is 12.5. The fourth-order valence-electron chi connectivity index (χ4n) is 2.19. The summed E-state index contributed by atoms with van der Waals surface area (Å²) in [5, 5.41) is 4.61. The molecule has 23 heavy (non-hydrogen) atoms. The van der Waals surface area contributed by atoms with E-state index in [1.807, 2.05) is 6.92 Å². The molecule has 0 saturated carbocycles. The van der Waals surface area contributed by atoms with Gasteiger partial charge in [-0.3, -0.25) is 19.7 Å². The van der Waals surface area contributed by atoms with Crippen LogP contribution in [0.25, 0.3) is 10.2 Å². The monoisotopic (exact) mass is 395 g/mol. The third-order valence-electron chi connectivity index (χ3n) is 3.26. The number of rotatable bonds is 4. The molecule has 0 saturated heterocycles. The van der Waals surface area contributed by atoms with Gasteiger partial charge in [0.25, 0.3) is 5.56 Å². The normalized spacial score (nSPS) is 11.1. The molecule has 3 aromatic heterocycles. The number of carbonyl (C=O) groups is 1. The summed E-state index contributed by atoms with van der Waals surface area (Å²) in [6, 6.07) is 1.79. The maximum atomic E-state index is 12.5. The average Bonchev–Trinajstić information content (AvgIpc) is 3.06. The Bertz CT molecular complexity index is 942. The molecule has 0 radical (unpaired) electrons. The zero-order chi connectivity index (χ0) is 16.6. The summed E-state index contributed by atoms with van der Waals surface area (Å²) in [4.78, 5) is 30.6. The number of nitrogens with zero attached hydrogens (tertiary/aromatic N) is 4. The SMILES string of the molecule is Cc1cc2c(=O)n(NC(=O)CCn3cc(Br)cn3)c(C)nc2s1. The van der Waals surface area contributed by atoms with E-state index in [0.29, 0.717) is 22.6 Å². The largest absolute Gasteiger partial charge is 0.281 e. The van der Waals surface area contributed by atoms with Crippen LogP contribution in [0, 0.1) is 13.8 Å². The van der Waals surface area contributed by atoms with Crippen LogP contribution in [0.2, 0.25) is 0 Å². The van der Waals surface area contributed by atoms with Gasteiger partial charge in [0.2, 0.25) is 5.91 Å². The Labute approximate surface area is 144 Å². The van der Waals surface area contributed by atoms with Crippen molar-refractivity contribution in [3.05, 3.63) is 44.0 Å². The molecular formula is C14H14BrN5O2S. The summed E-state index contributed by atoms with van der Waals surface area (Å²) in [5.74, 6) is 0.189. The summed E-state index contributed by atoms with van der Waals surface area (Å²) in [6.07, 6.45) is 3.65. The second-order valence-electron chi connectivity index (χ2n) is 5.08. The van der Waals surface area contributed by atoms with Gasteiger partial charge in [-0.1, -0.05) is 0 Å². The highest BCUT2D eigenvalue weighted by atomic mass is 79.9. The van der Waals surface area contributed by atoms with Gasteiger partial charge in [-0.15, -0.1) is 11.3 Å². The van der Waals surface area contributed by atoms with Gasteiger partial charge in [0.1, 0.15) is 10.7 Å². The van der Waals surface area contributed by atoms with E-state index in [2.05, 4.69) is 31.4 Å². The Kier molecular flexibility index (Phi) is 4.31. The van der Waals surface area contributed by atoms with Crippen molar-refractivity contribution in [1.82, 2.24) is 19.4 Å². The Morgan fingerprint density at radius 3 is 2.91 bits per heavy atom. The molecular weight excluding hydrogens is 382 g/mol. The molecule has 3 rings (SSSR count). The van der Waals surface area contributed by atoms with Crippen molar-refractivity contribution in [1.29, 1.82) is 0 Å². The first-order valence-electron chi connectivity index (χ1n) is 6.91. The molecule has 120 valence electrons. The van der Waals surface area contributed by atoms with Gasteiger partial charge in [-0.25, -0.2) is 9.66 Å². The predicted molar refractivity (Wildman–Crippen MR) is 92.3 cm³/mol.